The van der Waals surface area contributed by atoms with Crippen LogP contribution in [0.1, 0.15) is 25.6 Å². The van der Waals surface area contributed by atoms with E-state index in [-0.39, 0.29) is 18.1 Å². The van der Waals surface area contributed by atoms with Gasteiger partial charge in [0.25, 0.3) is 0 Å². The summed E-state index contributed by atoms with van der Waals surface area (Å²) in [5, 5.41) is 0. The van der Waals surface area contributed by atoms with Gasteiger partial charge in [-0.3, -0.25) is 9.69 Å². The van der Waals surface area contributed by atoms with E-state index in [0.29, 0.717) is 6.61 Å². The van der Waals surface area contributed by atoms with Crippen molar-refractivity contribution in [1.29, 1.82) is 0 Å². The zero-order valence-electron chi connectivity index (χ0n) is 12.9. The third-order valence-electron chi connectivity index (χ3n) is 4.66. The van der Waals surface area contributed by atoms with E-state index in [2.05, 4.69) is 14.5 Å². The number of imidazole rings is 1. The van der Waals surface area contributed by atoms with Crippen LogP contribution < -0.4 is 0 Å². The molecule has 0 aromatic carbocycles. The molecule has 1 amide bonds. The average Bonchev–Trinajstić information content (AvgIpc) is 2.75. The van der Waals surface area contributed by atoms with Crippen LogP contribution in [-0.2, 0) is 23.1 Å². The molecule has 1 aromatic heterocycles. The zero-order valence-corrected chi connectivity index (χ0v) is 12.9. The first-order valence-corrected chi connectivity index (χ1v) is 7.72. The molecule has 2 aliphatic rings. The van der Waals surface area contributed by atoms with Gasteiger partial charge in [0.1, 0.15) is 5.82 Å². The smallest absolute Gasteiger partial charge is 0.219 e. The standard InChI is InChI=1S/C15H24N4O2/c1-12(20)19-9-10-21-14-4-7-18(6-3-13(14)19)11-15-16-5-8-17(15)2/h5,8,13-14H,3-4,6-7,9-11H2,1-2H3/t13-,14+/m0/s1. The fourth-order valence-corrected chi connectivity index (χ4v) is 3.43. The van der Waals surface area contributed by atoms with Crippen LogP contribution in [0.4, 0.5) is 0 Å². The Kier molecular flexibility index (Phi) is 4.26. The molecule has 21 heavy (non-hydrogen) atoms. The summed E-state index contributed by atoms with van der Waals surface area (Å²) in [6.45, 7) is 5.92. The summed E-state index contributed by atoms with van der Waals surface area (Å²) in [7, 11) is 2.03. The summed E-state index contributed by atoms with van der Waals surface area (Å²) >= 11 is 0. The van der Waals surface area contributed by atoms with Crippen LogP contribution in [0.5, 0.6) is 0 Å². The highest BCUT2D eigenvalue weighted by Crippen LogP contribution is 2.24. The van der Waals surface area contributed by atoms with E-state index in [9.17, 15) is 4.79 Å². The first-order valence-electron chi connectivity index (χ1n) is 7.72. The topological polar surface area (TPSA) is 50.6 Å². The van der Waals surface area contributed by atoms with Crippen LogP contribution in [0.3, 0.4) is 0 Å². The average molecular weight is 292 g/mol. The second kappa shape index (κ2) is 6.15. The molecular weight excluding hydrogens is 268 g/mol. The molecule has 2 atom stereocenters. The van der Waals surface area contributed by atoms with Crippen LogP contribution in [0, 0.1) is 0 Å². The minimum absolute atomic E-state index is 0.172. The van der Waals surface area contributed by atoms with Gasteiger partial charge in [0, 0.05) is 46.0 Å². The van der Waals surface area contributed by atoms with Gasteiger partial charge in [-0.15, -0.1) is 0 Å². The van der Waals surface area contributed by atoms with Crippen LogP contribution >= 0.6 is 0 Å². The van der Waals surface area contributed by atoms with E-state index in [1.807, 2.05) is 24.3 Å². The summed E-state index contributed by atoms with van der Waals surface area (Å²) in [5.74, 6) is 1.26. The normalized spacial score (nSPS) is 27.2. The van der Waals surface area contributed by atoms with Gasteiger partial charge in [0.05, 0.1) is 25.3 Å². The van der Waals surface area contributed by atoms with Gasteiger partial charge in [0.15, 0.2) is 0 Å². The molecule has 0 aliphatic carbocycles. The summed E-state index contributed by atoms with van der Waals surface area (Å²) in [4.78, 5) is 20.6. The van der Waals surface area contributed by atoms with Gasteiger partial charge in [-0.2, -0.15) is 0 Å². The van der Waals surface area contributed by atoms with Gasteiger partial charge < -0.3 is 14.2 Å². The van der Waals surface area contributed by atoms with Gasteiger partial charge in [-0.1, -0.05) is 0 Å². The van der Waals surface area contributed by atoms with Gasteiger partial charge in [0.2, 0.25) is 5.91 Å². The van der Waals surface area contributed by atoms with Crippen LogP contribution in [0.15, 0.2) is 12.4 Å². The maximum Gasteiger partial charge on any atom is 0.219 e. The Balaban J connectivity index is 1.65. The lowest BCUT2D eigenvalue weighted by Gasteiger charge is -2.39. The Morgan fingerprint density at radius 2 is 2.19 bits per heavy atom. The number of carbonyl (C=O) groups is 1. The van der Waals surface area contributed by atoms with Crippen molar-refractivity contribution in [3.63, 3.8) is 0 Å². The summed E-state index contributed by atoms with van der Waals surface area (Å²) in [6, 6.07) is 0.239. The maximum absolute atomic E-state index is 11.8. The molecule has 0 unspecified atom stereocenters. The lowest BCUT2D eigenvalue weighted by Crippen LogP contribution is -2.52. The highest BCUT2D eigenvalue weighted by molar-refractivity contribution is 5.73. The number of nitrogens with zero attached hydrogens (tertiary/aromatic N) is 4. The summed E-state index contributed by atoms with van der Waals surface area (Å²) in [5.41, 5.74) is 0. The third-order valence-corrected chi connectivity index (χ3v) is 4.66. The second-order valence-electron chi connectivity index (χ2n) is 6.00. The van der Waals surface area contributed by atoms with Crippen molar-refractivity contribution in [1.82, 2.24) is 19.4 Å². The molecule has 116 valence electrons. The van der Waals surface area contributed by atoms with Crippen molar-refractivity contribution in [2.24, 2.45) is 7.05 Å². The molecule has 2 saturated heterocycles. The van der Waals surface area contributed by atoms with E-state index >= 15 is 0 Å². The quantitative estimate of drug-likeness (QED) is 0.802. The number of likely N-dealkylation sites (tertiary alicyclic amines) is 1. The maximum atomic E-state index is 11.8. The molecule has 0 bridgehead atoms. The minimum Gasteiger partial charge on any atom is -0.374 e. The van der Waals surface area contributed by atoms with E-state index in [0.717, 1.165) is 44.8 Å². The van der Waals surface area contributed by atoms with E-state index in [4.69, 9.17) is 4.74 Å². The van der Waals surface area contributed by atoms with Gasteiger partial charge in [-0.25, -0.2) is 4.98 Å². The molecule has 0 radical (unpaired) electrons. The number of rotatable bonds is 2. The number of hydrogen-bond acceptors (Lipinski definition) is 4. The number of morpholine rings is 1. The van der Waals surface area contributed by atoms with E-state index < -0.39 is 0 Å². The number of aryl methyl sites for hydroxylation is 1. The Hall–Kier alpha value is -1.40. The van der Waals surface area contributed by atoms with Crippen LogP contribution in [-0.4, -0.2) is 63.6 Å². The van der Waals surface area contributed by atoms with Crippen molar-refractivity contribution in [3.05, 3.63) is 18.2 Å². The lowest BCUT2D eigenvalue weighted by molar-refractivity contribution is -0.144. The number of carbonyl (C=O) groups excluding carboxylic acids is 1. The van der Waals surface area contributed by atoms with Gasteiger partial charge in [-0.05, 0) is 12.8 Å². The molecule has 2 aliphatic heterocycles. The molecule has 1 aromatic rings. The molecule has 0 spiro atoms. The predicted molar refractivity (Wildman–Crippen MR) is 78.6 cm³/mol. The molecule has 0 N–H and O–H groups in total. The number of ether oxygens (including phenoxy) is 1. The minimum atomic E-state index is 0.172. The van der Waals surface area contributed by atoms with E-state index in [1.165, 1.54) is 0 Å². The monoisotopic (exact) mass is 292 g/mol. The van der Waals surface area contributed by atoms with Crippen LogP contribution in [0.25, 0.3) is 0 Å². The Bertz CT molecular complexity index is 502. The molecule has 2 fully saturated rings. The van der Waals surface area contributed by atoms with Crippen LogP contribution in [0.2, 0.25) is 0 Å². The Morgan fingerprint density at radius 1 is 1.38 bits per heavy atom. The molecular formula is C15H24N4O2. The first kappa shape index (κ1) is 14.5. The SMILES string of the molecule is CC(=O)N1CCO[C@@H]2CCN(Cc3nccn3C)CC[C@@H]21. The molecule has 6 nitrogen and oxygen atoms in total. The molecule has 3 rings (SSSR count). The summed E-state index contributed by atoms with van der Waals surface area (Å²) < 4.78 is 7.97. The third kappa shape index (κ3) is 3.11. The molecule has 6 heteroatoms. The molecule has 0 saturated carbocycles. The van der Waals surface area contributed by atoms with Crippen molar-refractivity contribution < 1.29 is 9.53 Å². The highest BCUT2D eigenvalue weighted by atomic mass is 16.5. The van der Waals surface area contributed by atoms with Gasteiger partial charge >= 0.3 is 0 Å². The highest BCUT2D eigenvalue weighted by Gasteiger charge is 2.35. The van der Waals surface area contributed by atoms with Crippen molar-refractivity contribution in [2.45, 2.75) is 38.5 Å². The lowest BCUT2D eigenvalue weighted by atomic mass is 10.0. The van der Waals surface area contributed by atoms with E-state index in [1.54, 1.807) is 6.92 Å². The number of aromatic nitrogens is 2. The number of amides is 1. The predicted octanol–water partition coefficient (Wildman–Crippen LogP) is 0.632. The Morgan fingerprint density at radius 3 is 2.90 bits per heavy atom. The molecule has 3 heterocycles. The second-order valence-corrected chi connectivity index (χ2v) is 6.00. The first-order chi connectivity index (χ1) is 10.1. The van der Waals surface area contributed by atoms with Crippen molar-refractivity contribution >= 4 is 5.91 Å². The largest absolute Gasteiger partial charge is 0.374 e. The fraction of sp³-hybridized carbons (Fsp3) is 0.733. The number of hydrogen-bond donors (Lipinski definition) is 0. The summed E-state index contributed by atoms with van der Waals surface area (Å²) in [6.07, 6.45) is 5.98. The fourth-order valence-electron chi connectivity index (χ4n) is 3.43. The van der Waals surface area contributed by atoms with Crippen molar-refractivity contribution in [3.8, 4) is 0 Å². The number of fused-ring (bicyclic) bond motifs is 1. The van der Waals surface area contributed by atoms with Crippen molar-refractivity contribution in [2.75, 3.05) is 26.2 Å². The Labute approximate surface area is 125 Å². The zero-order chi connectivity index (χ0) is 14.8.